The number of rotatable bonds is 5. The van der Waals surface area contributed by atoms with Gasteiger partial charge in [0.15, 0.2) is 4.90 Å². The number of likely N-dealkylation sites (tertiary alicyclic amines) is 1. The van der Waals surface area contributed by atoms with Gasteiger partial charge in [-0.1, -0.05) is 12.1 Å². The Balaban J connectivity index is 1.76. The number of carbonyl (C=O) groups is 1. The zero-order valence-corrected chi connectivity index (χ0v) is 16.7. The third-order valence-electron chi connectivity index (χ3n) is 4.50. The standard InChI is InChI=1S/C20H31NO3S/c1-20(2,3)24-19(22)21-14-6-9-17(15-21)8-5-7-16-10-12-18(13-11-16)25(4)23/h10-13,17H,5-9,14-15H2,1-4H3. The van der Waals surface area contributed by atoms with Gasteiger partial charge in [0.1, 0.15) is 11.9 Å². The maximum absolute atomic E-state index is 12.2. The second-order valence-electron chi connectivity index (χ2n) is 7.92. The monoisotopic (exact) mass is 365 g/mol. The third kappa shape index (κ3) is 6.90. The van der Waals surface area contributed by atoms with Gasteiger partial charge in [0, 0.05) is 13.1 Å². The molecule has 4 nitrogen and oxygen atoms in total. The lowest BCUT2D eigenvalue weighted by atomic mass is 9.92. The van der Waals surface area contributed by atoms with E-state index in [1.165, 1.54) is 12.0 Å². The highest BCUT2D eigenvalue weighted by atomic mass is 32.2. The third-order valence-corrected chi connectivity index (χ3v) is 5.44. The van der Waals surface area contributed by atoms with Crippen LogP contribution >= 0.6 is 0 Å². The van der Waals surface area contributed by atoms with Crippen molar-refractivity contribution in [2.24, 2.45) is 5.92 Å². The molecule has 2 rings (SSSR count). The summed E-state index contributed by atoms with van der Waals surface area (Å²) in [6.07, 6.45) is 7.03. The SMILES string of the molecule is C[S+]([O-])c1ccc(CCCC2CCCN(C(=O)OC(C)(C)C)C2)cc1. The number of hydrogen-bond acceptors (Lipinski definition) is 3. The van der Waals surface area contributed by atoms with Crippen LogP contribution in [0.3, 0.4) is 0 Å². The molecule has 0 aliphatic carbocycles. The van der Waals surface area contributed by atoms with Crippen molar-refractivity contribution < 1.29 is 14.1 Å². The number of ether oxygens (including phenoxy) is 1. The predicted molar refractivity (Wildman–Crippen MR) is 102 cm³/mol. The fourth-order valence-electron chi connectivity index (χ4n) is 3.24. The fraction of sp³-hybridized carbons (Fsp3) is 0.650. The minimum Gasteiger partial charge on any atom is -0.612 e. The number of piperidine rings is 1. The quantitative estimate of drug-likeness (QED) is 0.727. The van der Waals surface area contributed by atoms with Crippen LogP contribution in [0.2, 0.25) is 0 Å². The van der Waals surface area contributed by atoms with Crippen molar-refractivity contribution in [3.05, 3.63) is 29.8 Å². The van der Waals surface area contributed by atoms with Gasteiger partial charge < -0.3 is 14.2 Å². The Labute approximate surface area is 155 Å². The van der Waals surface area contributed by atoms with Crippen LogP contribution < -0.4 is 0 Å². The molecule has 1 fully saturated rings. The first-order valence-corrected chi connectivity index (χ1v) is 10.7. The maximum Gasteiger partial charge on any atom is 0.410 e. The zero-order chi connectivity index (χ0) is 18.4. The van der Waals surface area contributed by atoms with Crippen LogP contribution in [-0.2, 0) is 22.3 Å². The summed E-state index contributed by atoms with van der Waals surface area (Å²) in [7, 11) is 0. The molecule has 5 heteroatoms. The minimum absolute atomic E-state index is 0.180. The van der Waals surface area contributed by atoms with Crippen LogP contribution in [0.15, 0.2) is 29.2 Å². The molecular weight excluding hydrogens is 334 g/mol. The molecule has 0 spiro atoms. The molecule has 0 N–H and O–H groups in total. The van der Waals surface area contributed by atoms with Gasteiger partial charge in [0.05, 0.1) is 0 Å². The summed E-state index contributed by atoms with van der Waals surface area (Å²) < 4.78 is 16.9. The molecule has 2 unspecified atom stereocenters. The van der Waals surface area contributed by atoms with Gasteiger partial charge in [-0.05, 0) is 87.7 Å². The highest BCUT2D eigenvalue weighted by Gasteiger charge is 2.27. The van der Waals surface area contributed by atoms with Crippen LogP contribution in [0, 0.1) is 5.92 Å². The number of amides is 1. The first kappa shape index (κ1) is 20.1. The lowest BCUT2D eigenvalue weighted by Gasteiger charge is -2.34. The van der Waals surface area contributed by atoms with Crippen molar-refractivity contribution in [2.75, 3.05) is 19.3 Å². The molecule has 0 radical (unpaired) electrons. The van der Waals surface area contributed by atoms with Crippen molar-refractivity contribution in [3.63, 3.8) is 0 Å². The fourth-order valence-corrected chi connectivity index (χ4v) is 3.75. The van der Waals surface area contributed by atoms with E-state index < -0.39 is 16.8 Å². The van der Waals surface area contributed by atoms with Crippen LogP contribution in [0.1, 0.15) is 52.0 Å². The van der Waals surface area contributed by atoms with E-state index >= 15 is 0 Å². The normalized spacial score (nSPS) is 19.6. The molecule has 1 aromatic carbocycles. The molecule has 0 aromatic heterocycles. The molecule has 1 saturated heterocycles. The molecule has 0 bridgehead atoms. The molecule has 1 aromatic rings. The van der Waals surface area contributed by atoms with E-state index in [9.17, 15) is 9.35 Å². The Hall–Kier alpha value is -1.20. The molecular formula is C20H31NO3S. The summed E-state index contributed by atoms with van der Waals surface area (Å²) >= 11 is -0.912. The van der Waals surface area contributed by atoms with Gasteiger partial charge in [0.25, 0.3) is 0 Å². The lowest BCUT2D eigenvalue weighted by molar-refractivity contribution is 0.0161. The van der Waals surface area contributed by atoms with Crippen molar-refractivity contribution >= 4 is 17.3 Å². The Morgan fingerprint density at radius 1 is 1.32 bits per heavy atom. The average molecular weight is 366 g/mol. The number of aryl methyl sites for hydroxylation is 1. The van der Waals surface area contributed by atoms with E-state index in [0.717, 1.165) is 43.7 Å². The highest BCUT2D eigenvalue weighted by molar-refractivity contribution is 7.90. The van der Waals surface area contributed by atoms with Crippen molar-refractivity contribution in [1.29, 1.82) is 0 Å². The largest absolute Gasteiger partial charge is 0.612 e. The van der Waals surface area contributed by atoms with Gasteiger partial charge in [-0.15, -0.1) is 0 Å². The summed E-state index contributed by atoms with van der Waals surface area (Å²) in [5, 5.41) is 0. The lowest BCUT2D eigenvalue weighted by Crippen LogP contribution is -2.42. The molecule has 0 saturated carbocycles. The van der Waals surface area contributed by atoms with Crippen LogP contribution in [0.5, 0.6) is 0 Å². The molecule has 1 heterocycles. The predicted octanol–water partition coefficient (Wildman–Crippen LogP) is 4.39. The van der Waals surface area contributed by atoms with E-state index in [0.29, 0.717) is 5.92 Å². The topological polar surface area (TPSA) is 52.6 Å². The Morgan fingerprint density at radius 3 is 2.60 bits per heavy atom. The Bertz CT molecular complexity index is 551. The van der Waals surface area contributed by atoms with Crippen molar-refractivity contribution in [1.82, 2.24) is 4.90 Å². The van der Waals surface area contributed by atoms with Crippen molar-refractivity contribution in [3.8, 4) is 0 Å². The average Bonchev–Trinajstić information content (AvgIpc) is 2.54. The minimum atomic E-state index is -0.912. The number of benzene rings is 1. The van der Waals surface area contributed by atoms with Crippen LogP contribution in [-0.4, -0.2) is 40.5 Å². The summed E-state index contributed by atoms with van der Waals surface area (Å²) in [6.45, 7) is 7.34. The van der Waals surface area contributed by atoms with Crippen molar-refractivity contribution in [2.45, 2.75) is 63.4 Å². The first-order valence-electron chi connectivity index (χ1n) is 9.15. The maximum atomic E-state index is 12.2. The summed E-state index contributed by atoms with van der Waals surface area (Å²) in [6, 6.07) is 8.06. The van der Waals surface area contributed by atoms with Gasteiger partial charge in [-0.3, -0.25) is 0 Å². The number of hydrogen-bond donors (Lipinski definition) is 0. The first-order chi connectivity index (χ1) is 11.7. The molecule has 2 atom stereocenters. The van der Waals surface area contributed by atoms with E-state index in [1.807, 2.05) is 37.8 Å². The van der Waals surface area contributed by atoms with E-state index in [-0.39, 0.29) is 6.09 Å². The second-order valence-corrected chi connectivity index (χ2v) is 9.30. The molecule has 1 aliphatic heterocycles. The number of carbonyl (C=O) groups excluding carboxylic acids is 1. The summed E-state index contributed by atoms with van der Waals surface area (Å²) in [4.78, 5) is 15.0. The molecule has 25 heavy (non-hydrogen) atoms. The Morgan fingerprint density at radius 2 is 2.00 bits per heavy atom. The van der Waals surface area contributed by atoms with Gasteiger partial charge in [0.2, 0.25) is 0 Å². The zero-order valence-electron chi connectivity index (χ0n) is 15.9. The number of nitrogens with zero attached hydrogens (tertiary/aromatic N) is 1. The Kier molecular flexibility index (Phi) is 7.20. The molecule has 1 amide bonds. The van der Waals surface area contributed by atoms with Crippen LogP contribution in [0.25, 0.3) is 0 Å². The van der Waals surface area contributed by atoms with E-state index in [1.54, 1.807) is 6.26 Å². The van der Waals surface area contributed by atoms with Gasteiger partial charge in [-0.2, -0.15) is 0 Å². The summed E-state index contributed by atoms with van der Waals surface area (Å²) in [5.74, 6) is 0.559. The highest BCUT2D eigenvalue weighted by Crippen LogP contribution is 2.24. The smallest absolute Gasteiger partial charge is 0.410 e. The van der Waals surface area contributed by atoms with Gasteiger partial charge in [-0.25, -0.2) is 4.79 Å². The van der Waals surface area contributed by atoms with Gasteiger partial charge >= 0.3 is 6.09 Å². The molecule has 1 aliphatic rings. The van der Waals surface area contributed by atoms with E-state index in [4.69, 9.17) is 4.74 Å². The second kappa shape index (κ2) is 8.95. The van der Waals surface area contributed by atoms with Crippen LogP contribution in [0.4, 0.5) is 4.79 Å². The van der Waals surface area contributed by atoms with E-state index in [2.05, 4.69) is 12.1 Å². The molecule has 140 valence electrons. The summed E-state index contributed by atoms with van der Waals surface area (Å²) in [5.41, 5.74) is 0.854.